The number of alkyl halides is 3. The van der Waals surface area contributed by atoms with Crippen LogP contribution in [-0.2, 0) is 0 Å². The summed E-state index contributed by atoms with van der Waals surface area (Å²) in [5, 5.41) is 0. The van der Waals surface area contributed by atoms with E-state index in [9.17, 15) is 17.6 Å². The Labute approximate surface area is 96.7 Å². The van der Waals surface area contributed by atoms with Gasteiger partial charge in [-0.25, -0.2) is 4.39 Å². The fourth-order valence-corrected chi connectivity index (χ4v) is 1.11. The molecule has 0 aliphatic heterocycles. The molecule has 0 heterocycles. The standard InChI is InChI=1S/C12H12F4O/c1-4-8-5-9(13)7-10(6-8)17-11(2,3)12(14,15)16/h4-7H,1H2,2-3H3. The van der Waals surface area contributed by atoms with E-state index in [-0.39, 0.29) is 5.75 Å². The SMILES string of the molecule is C=Cc1cc(F)cc(OC(C)(C)C(F)(F)F)c1. The molecular weight excluding hydrogens is 236 g/mol. The predicted octanol–water partition coefficient (Wildman–Crippen LogP) is 4.19. The number of rotatable bonds is 3. The fraction of sp³-hybridized carbons (Fsp3) is 0.333. The Morgan fingerprint density at radius 2 is 1.76 bits per heavy atom. The molecule has 0 spiro atoms. The number of ether oxygens (including phenoxy) is 1. The monoisotopic (exact) mass is 248 g/mol. The zero-order valence-electron chi connectivity index (χ0n) is 9.44. The molecule has 0 radical (unpaired) electrons. The van der Waals surface area contributed by atoms with Crippen LogP contribution in [0.25, 0.3) is 6.08 Å². The van der Waals surface area contributed by atoms with Gasteiger partial charge in [-0.1, -0.05) is 12.7 Å². The van der Waals surface area contributed by atoms with Gasteiger partial charge in [0.25, 0.3) is 0 Å². The van der Waals surface area contributed by atoms with E-state index in [0.717, 1.165) is 26.0 Å². The molecule has 0 aliphatic carbocycles. The molecule has 0 saturated heterocycles. The van der Waals surface area contributed by atoms with Crippen LogP contribution >= 0.6 is 0 Å². The van der Waals surface area contributed by atoms with Crippen molar-refractivity contribution in [3.05, 3.63) is 36.2 Å². The molecule has 0 N–H and O–H groups in total. The van der Waals surface area contributed by atoms with Crippen molar-refractivity contribution in [2.24, 2.45) is 0 Å². The summed E-state index contributed by atoms with van der Waals surface area (Å²) in [6.07, 6.45) is -3.20. The summed E-state index contributed by atoms with van der Waals surface area (Å²) in [5.41, 5.74) is -2.02. The fourth-order valence-electron chi connectivity index (χ4n) is 1.11. The second-order valence-corrected chi connectivity index (χ2v) is 4.03. The average Bonchev–Trinajstić information content (AvgIpc) is 2.14. The lowest BCUT2D eigenvalue weighted by Gasteiger charge is -2.28. The van der Waals surface area contributed by atoms with Crippen molar-refractivity contribution in [2.45, 2.75) is 25.6 Å². The number of hydrogen-bond acceptors (Lipinski definition) is 1. The van der Waals surface area contributed by atoms with E-state index in [4.69, 9.17) is 4.74 Å². The van der Waals surface area contributed by atoms with E-state index in [0.29, 0.717) is 5.56 Å². The number of hydrogen-bond donors (Lipinski definition) is 0. The van der Waals surface area contributed by atoms with Gasteiger partial charge in [-0.2, -0.15) is 13.2 Å². The summed E-state index contributed by atoms with van der Waals surface area (Å²) in [6, 6.07) is 3.35. The molecule has 0 bridgehead atoms. The second kappa shape index (κ2) is 4.39. The highest BCUT2D eigenvalue weighted by atomic mass is 19.4. The number of halogens is 4. The van der Waals surface area contributed by atoms with E-state index >= 15 is 0 Å². The average molecular weight is 248 g/mol. The summed E-state index contributed by atoms with van der Waals surface area (Å²) >= 11 is 0. The van der Waals surface area contributed by atoms with Gasteiger partial charge in [-0.3, -0.25) is 0 Å². The molecule has 1 aromatic carbocycles. The van der Waals surface area contributed by atoms with Gasteiger partial charge in [0.1, 0.15) is 11.6 Å². The molecule has 0 saturated carbocycles. The van der Waals surface area contributed by atoms with Crippen LogP contribution in [0.2, 0.25) is 0 Å². The van der Waals surface area contributed by atoms with Crippen molar-refractivity contribution < 1.29 is 22.3 Å². The smallest absolute Gasteiger partial charge is 0.427 e. The van der Waals surface area contributed by atoms with Crippen LogP contribution in [0.3, 0.4) is 0 Å². The van der Waals surface area contributed by atoms with Crippen molar-refractivity contribution >= 4 is 6.08 Å². The highest BCUT2D eigenvalue weighted by Gasteiger charge is 2.49. The Morgan fingerprint density at radius 3 is 2.24 bits per heavy atom. The van der Waals surface area contributed by atoms with Crippen molar-refractivity contribution in [1.82, 2.24) is 0 Å². The minimum absolute atomic E-state index is 0.178. The van der Waals surface area contributed by atoms with Crippen LogP contribution in [0.15, 0.2) is 24.8 Å². The Balaban J connectivity index is 3.03. The van der Waals surface area contributed by atoms with Gasteiger partial charge < -0.3 is 4.74 Å². The highest BCUT2D eigenvalue weighted by molar-refractivity contribution is 5.50. The van der Waals surface area contributed by atoms with Crippen molar-refractivity contribution in [2.75, 3.05) is 0 Å². The third-order valence-electron chi connectivity index (χ3n) is 2.19. The zero-order chi connectivity index (χ0) is 13.3. The van der Waals surface area contributed by atoms with Crippen LogP contribution in [0, 0.1) is 5.82 Å². The third-order valence-corrected chi connectivity index (χ3v) is 2.19. The lowest BCUT2D eigenvalue weighted by molar-refractivity contribution is -0.234. The van der Waals surface area contributed by atoms with Gasteiger partial charge >= 0.3 is 6.18 Å². The first-order valence-electron chi connectivity index (χ1n) is 4.84. The van der Waals surface area contributed by atoms with Gasteiger partial charge in [-0.05, 0) is 31.5 Å². The molecule has 0 amide bonds. The van der Waals surface area contributed by atoms with Gasteiger partial charge in [0.15, 0.2) is 5.60 Å². The molecule has 1 aromatic rings. The van der Waals surface area contributed by atoms with Crippen molar-refractivity contribution in [1.29, 1.82) is 0 Å². The lowest BCUT2D eigenvalue weighted by atomic mass is 10.1. The van der Waals surface area contributed by atoms with E-state index in [2.05, 4.69) is 6.58 Å². The Kier molecular flexibility index (Phi) is 3.50. The Morgan fingerprint density at radius 1 is 1.18 bits per heavy atom. The quantitative estimate of drug-likeness (QED) is 0.729. The Bertz CT molecular complexity index is 421. The molecule has 94 valence electrons. The normalized spacial score (nSPS) is 12.4. The first-order valence-corrected chi connectivity index (χ1v) is 4.84. The van der Waals surface area contributed by atoms with Gasteiger partial charge in [0.2, 0.25) is 0 Å². The second-order valence-electron chi connectivity index (χ2n) is 4.03. The van der Waals surface area contributed by atoms with Gasteiger partial charge in [0.05, 0.1) is 0 Å². The first-order chi connectivity index (χ1) is 7.65. The molecular formula is C12H12F4O. The maximum atomic E-state index is 13.1. The molecule has 0 unspecified atom stereocenters. The zero-order valence-corrected chi connectivity index (χ0v) is 9.44. The minimum Gasteiger partial charge on any atom is -0.478 e. The largest absolute Gasteiger partial charge is 0.478 e. The molecule has 0 fully saturated rings. The van der Waals surface area contributed by atoms with Crippen LogP contribution in [0.5, 0.6) is 5.75 Å². The summed E-state index contributed by atoms with van der Waals surface area (Å²) in [4.78, 5) is 0. The van der Waals surface area contributed by atoms with E-state index in [1.807, 2.05) is 0 Å². The molecule has 1 nitrogen and oxygen atoms in total. The van der Waals surface area contributed by atoms with E-state index in [1.54, 1.807) is 0 Å². The van der Waals surface area contributed by atoms with Crippen molar-refractivity contribution in [3.8, 4) is 5.75 Å². The molecule has 17 heavy (non-hydrogen) atoms. The van der Waals surface area contributed by atoms with Crippen LogP contribution in [0.4, 0.5) is 17.6 Å². The van der Waals surface area contributed by atoms with Gasteiger partial charge in [-0.15, -0.1) is 0 Å². The molecule has 0 atom stereocenters. The topological polar surface area (TPSA) is 9.23 Å². The van der Waals surface area contributed by atoms with Crippen LogP contribution < -0.4 is 4.74 Å². The minimum atomic E-state index is -4.53. The molecule has 1 rings (SSSR count). The molecule has 0 aromatic heterocycles. The van der Waals surface area contributed by atoms with Crippen LogP contribution in [0.1, 0.15) is 19.4 Å². The maximum Gasteiger partial charge on any atom is 0.427 e. The molecule has 0 aliphatic rings. The third kappa shape index (κ3) is 3.22. The maximum absolute atomic E-state index is 13.1. The highest BCUT2D eigenvalue weighted by Crippen LogP contribution is 2.34. The lowest BCUT2D eigenvalue weighted by Crippen LogP contribution is -2.44. The van der Waals surface area contributed by atoms with E-state index in [1.165, 1.54) is 12.1 Å². The van der Waals surface area contributed by atoms with Crippen molar-refractivity contribution in [3.63, 3.8) is 0 Å². The molecule has 5 heteroatoms. The number of benzene rings is 1. The summed E-state index contributed by atoms with van der Waals surface area (Å²) in [7, 11) is 0. The first kappa shape index (κ1) is 13.5. The Hall–Kier alpha value is -1.52. The van der Waals surface area contributed by atoms with Crippen LogP contribution in [-0.4, -0.2) is 11.8 Å². The van der Waals surface area contributed by atoms with E-state index < -0.39 is 17.6 Å². The predicted molar refractivity (Wildman–Crippen MR) is 57.3 cm³/mol. The summed E-state index contributed by atoms with van der Waals surface area (Å²) < 4.78 is 55.5. The summed E-state index contributed by atoms with van der Waals surface area (Å²) in [6.45, 7) is 5.17. The van der Waals surface area contributed by atoms with Gasteiger partial charge in [0, 0.05) is 6.07 Å². The summed E-state index contributed by atoms with van der Waals surface area (Å²) in [5.74, 6) is -0.849.